The van der Waals surface area contributed by atoms with E-state index in [1.807, 2.05) is 0 Å². The minimum Gasteiger partial charge on any atom is -0.496 e. The van der Waals surface area contributed by atoms with Crippen molar-refractivity contribution in [2.45, 2.75) is 11.8 Å². The van der Waals surface area contributed by atoms with Crippen molar-refractivity contribution in [2.75, 3.05) is 18.2 Å². The molecule has 0 saturated carbocycles. The standard InChI is InChI=1S/C23H19ClN2O5S/c1-3-32(28,29)15-9-11-21-19(13-15)26-23(31-21)14-8-10-17(24)18(12-14)25-22(27)16-6-4-5-7-20(16)30-2/h4-13H,3H2,1-2H3,(H,25,27). The number of anilines is 1. The smallest absolute Gasteiger partial charge is 0.259 e. The van der Waals surface area contributed by atoms with E-state index in [1.54, 1.807) is 55.5 Å². The Morgan fingerprint density at radius 3 is 2.66 bits per heavy atom. The van der Waals surface area contributed by atoms with Crippen LogP contribution in [0.1, 0.15) is 17.3 Å². The molecule has 9 heteroatoms. The topological polar surface area (TPSA) is 98.5 Å². The van der Waals surface area contributed by atoms with Crippen molar-refractivity contribution in [2.24, 2.45) is 0 Å². The number of methoxy groups -OCH3 is 1. The number of para-hydroxylation sites is 1. The number of carbonyl (C=O) groups excluding carboxylic acids is 1. The molecule has 0 fully saturated rings. The molecule has 0 aliphatic heterocycles. The average molecular weight is 471 g/mol. The van der Waals surface area contributed by atoms with Gasteiger partial charge in [-0.15, -0.1) is 0 Å². The van der Waals surface area contributed by atoms with Gasteiger partial charge in [-0.1, -0.05) is 30.7 Å². The van der Waals surface area contributed by atoms with Gasteiger partial charge in [-0.3, -0.25) is 4.79 Å². The molecule has 1 amide bonds. The summed E-state index contributed by atoms with van der Waals surface area (Å²) < 4.78 is 35.3. The molecular formula is C23H19ClN2O5S. The summed E-state index contributed by atoms with van der Waals surface area (Å²) in [5.74, 6) is 0.327. The second kappa shape index (κ2) is 8.64. The Morgan fingerprint density at radius 1 is 1.12 bits per heavy atom. The van der Waals surface area contributed by atoms with Crippen LogP contribution in [-0.2, 0) is 9.84 Å². The number of fused-ring (bicyclic) bond motifs is 1. The predicted molar refractivity (Wildman–Crippen MR) is 123 cm³/mol. The molecule has 3 aromatic carbocycles. The first-order valence-electron chi connectivity index (χ1n) is 9.70. The molecular weight excluding hydrogens is 452 g/mol. The summed E-state index contributed by atoms with van der Waals surface area (Å²) in [6, 6.07) is 16.4. The number of hydrogen-bond acceptors (Lipinski definition) is 6. The zero-order valence-electron chi connectivity index (χ0n) is 17.3. The van der Waals surface area contributed by atoms with Crippen LogP contribution in [0, 0.1) is 0 Å². The van der Waals surface area contributed by atoms with Gasteiger partial charge in [0, 0.05) is 5.56 Å². The van der Waals surface area contributed by atoms with E-state index in [2.05, 4.69) is 10.3 Å². The lowest BCUT2D eigenvalue weighted by Crippen LogP contribution is -2.13. The third kappa shape index (κ3) is 4.19. The molecule has 0 spiro atoms. The van der Waals surface area contributed by atoms with Gasteiger partial charge in [-0.25, -0.2) is 13.4 Å². The summed E-state index contributed by atoms with van der Waals surface area (Å²) >= 11 is 6.29. The highest BCUT2D eigenvalue weighted by Gasteiger charge is 2.17. The molecule has 7 nitrogen and oxygen atoms in total. The SMILES string of the molecule is CCS(=O)(=O)c1ccc2oc(-c3ccc(Cl)c(NC(=O)c4ccccc4OC)c3)nc2c1. The summed E-state index contributed by atoms with van der Waals surface area (Å²) in [7, 11) is -1.87. The van der Waals surface area contributed by atoms with Crippen LogP contribution in [0.15, 0.2) is 70.0 Å². The first kappa shape index (κ1) is 21.9. The molecule has 164 valence electrons. The first-order chi connectivity index (χ1) is 15.3. The van der Waals surface area contributed by atoms with Gasteiger partial charge < -0.3 is 14.5 Å². The van der Waals surface area contributed by atoms with E-state index in [0.29, 0.717) is 38.7 Å². The molecule has 1 heterocycles. The van der Waals surface area contributed by atoms with Crippen LogP contribution in [0.5, 0.6) is 5.75 Å². The second-order valence-electron chi connectivity index (χ2n) is 6.90. The third-order valence-electron chi connectivity index (χ3n) is 4.91. The Labute approximate surface area is 189 Å². The van der Waals surface area contributed by atoms with E-state index in [1.165, 1.54) is 19.2 Å². The van der Waals surface area contributed by atoms with Crippen molar-refractivity contribution < 1.29 is 22.4 Å². The Hall–Kier alpha value is -3.36. The number of aromatic nitrogens is 1. The van der Waals surface area contributed by atoms with Gasteiger partial charge in [0.2, 0.25) is 5.89 Å². The van der Waals surface area contributed by atoms with Crippen LogP contribution in [0.2, 0.25) is 5.02 Å². The normalized spacial score (nSPS) is 11.5. The van der Waals surface area contributed by atoms with Crippen molar-refractivity contribution in [1.82, 2.24) is 4.98 Å². The van der Waals surface area contributed by atoms with E-state index in [0.717, 1.165) is 0 Å². The lowest BCUT2D eigenvalue weighted by atomic mass is 10.1. The lowest BCUT2D eigenvalue weighted by Gasteiger charge is -2.11. The van der Waals surface area contributed by atoms with Crippen LogP contribution in [0.25, 0.3) is 22.6 Å². The minimum atomic E-state index is -3.36. The summed E-state index contributed by atoms with van der Waals surface area (Å²) in [6.07, 6.45) is 0. The number of amides is 1. The Balaban J connectivity index is 1.68. The van der Waals surface area contributed by atoms with E-state index in [9.17, 15) is 13.2 Å². The fourth-order valence-corrected chi connectivity index (χ4v) is 4.23. The summed E-state index contributed by atoms with van der Waals surface area (Å²) in [5, 5.41) is 3.12. The molecule has 0 radical (unpaired) electrons. The number of oxazole rings is 1. The number of nitrogens with zero attached hydrogens (tertiary/aromatic N) is 1. The van der Waals surface area contributed by atoms with Gasteiger partial charge in [0.1, 0.15) is 11.3 Å². The zero-order chi connectivity index (χ0) is 22.9. The van der Waals surface area contributed by atoms with Crippen molar-refractivity contribution >= 4 is 44.1 Å². The molecule has 0 saturated heterocycles. The lowest BCUT2D eigenvalue weighted by molar-refractivity contribution is 0.102. The maximum Gasteiger partial charge on any atom is 0.259 e. The Kier molecular flexibility index (Phi) is 5.90. The van der Waals surface area contributed by atoms with E-state index in [4.69, 9.17) is 20.8 Å². The fraction of sp³-hybridized carbons (Fsp3) is 0.130. The van der Waals surface area contributed by atoms with Gasteiger partial charge in [-0.2, -0.15) is 0 Å². The highest BCUT2D eigenvalue weighted by atomic mass is 35.5. The average Bonchev–Trinajstić information content (AvgIpc) is 3.23. The largest absolute Gasteiger partial charge is 0.496 e. The quantitative estimate of drug-likeness (QED) is 0.415. The number of ether oxygens (including phenoxy) is 1. The van der Waals surface area contributed by atoms with Crippen molar-refractivity contribution in [1.29, 1.82) is 0 Å². The van der Waals surface area contributed by atoms with Gasteiger partial charge in [0.25, 0.3) is 5.91 Å². The van der Waals surface area contributed by atoms with Crippen LogP contribution < -0.4 is 10.1 Å². The van der Waals surface area contributed by atoms with E-state index < -0.39 is 9.84 Å². The monoisotopic (exact) mass is 470 g/mol. The summed E-state index contributed by atoms with van der Waals surface area (Å²) in [4.78, 5) is 17.4. The number of nitrogens with one attached hydrogen (secondary N) is 1. The fourth-order valence-electron chi connectivity index (χ4n) is 3.17. The molecule has 1 N–H and O–H groups in total. The molecule has 0 aliphatic rings. The highest BCUT2D eigenvalue weighted by molar-refractivity contribution is 7.91. The molecule has 0 atom stereocenters. The summed E-state index contributed by atoms with van der Waals surface area (Å²) in [6.45, 7) is 1.59. The Bertz CT molecular complexity index is 1430. The van der Waals surface area contributed by atoms with E-state index in [-0.39, 0.29) is 22.4 Å². The maximum atomic E-state index is 12.7. The van der Waals surface area contributed by atoms with Crippen molar-refractivity contribution in [3.8, 4) is 17.2 Å². The maximum absolute atomic E-state index is 12.7. The molecule has 0 bridgehead atoms. The highest BCUT2D eigenvalue weighted by Crippen LogP contribution is 2.32. The zero-order valence-corrected chi connectivity index (χ0v) is 18.8. The second-order valence-corrected chi connectivity index (χ2v) is 9.59. The summed E-state index contributed by atoms with van der Waals surface area (Å²) in [5.41, 5.74) is 2.18. The molecule has 4 aromatic rings. The van der Waals surface area contributed by atoms with Gasteiger partial charge in [0.15, 0.2) is 15.4 Å². The molecule has 4 rings (SSSR count). The number of sulfone groups is 1. The number of benzene rings is 3. The minimum absolute atomic E-state index is 0.00431. The van der Waals surface area contributed by atoms with Crippen LogP contribution >= 0.6 is 11.6 Å². The molecule has 0 aliphatic carbocycles. The number of halogens is 1. The van der Waals surface area contributed by atoms with Crippen LogP contribution in [-0.4, -0.2) is 32.2 Å². The van der Waals surface area contributed by atoms with E-state index >= 15 is 0 Å². The molecule has 0 unspecified atom stereocenters. The van der Waals surface area contributed by atoms with Crippen molar-refractivity contribution in [3.05, 3.63) is 71.2 Å². The molecule has 32 heavy (non-hydrogen) atoms. The van der Waals surface area contributed by atoms with Gasteiger partial charge >= 0.3 is 0 Å². The predicted octanol–water partition coefficient (Wildman–Crippen LogP) is 5.20. The third-order valence-corrected chi connectivity index (χ3v) is 6.97. The van der Waals surface area contributed by atoms with Gasteiger partial charge in [0.05, 0.1) is 34.0 Å². The number of carbonyl (C=O) groups is 1. The first-order valence-corrected chi connectivity index (χ1v) is 11.7. The van der Waals surface area contributed by atoms with Crippen LogP contribution in [0.4, 0.5) is 5.69 Å². The van der Waals surface area contributed by atoms with Crippen LogP contribution in [0.3, 0.4) is 0 Å². The van der Waals surface area contributed by atoms with Crippen molar-refractivity contribution in [3.63, 3.8) is 0 Å². The molecule has 1 aromatic heterocycles. The van der Waals surface area contributed by atoms with Gasteiger partial charge in [-0.05, 0) is 48.5 Å². The Morgan fingerprint density at radius 2 is 1.91 bits per heavy atom. The number of rotatable bonds is 6. The number of hydrogen-bond donors (Lipinski definition) is 1.